The number of halogens is 1. The molecule has 0 spiro atoms. The van der Waals surface area contributed by atoms with E-state index in [2.05, 4.69) is 26.3 Å². The number of carbonyl (C=O) groups excluding carboxylic acids is 2. The number of nitrogens with zero attached hydrogens (tertiary/aromatic N) is 2. The molecular formula is C15H16BrN3O2. The third-order valence-electron chi connectivity index (χ3n) is 3.17. The van der Waals surface area contributed by atoms with E-state index < -0.39 is 0 Å². The molecule has 0 aliphatic heterocycles. The minimum atomic E-state index is -0.0865. The van der Waals surface area contributed by atoms with Crippen LogP contribution >= 0.6 is 15.9 Å². The largest absolute Gasteiger partial charge is 0.326 e. The monoisotopic (exact) mass is 349 g/mol. The molecule has 0 atom stereocenters. The van der Waals surface area contributed by atoms with E-state index in [0.717, 1.165) is 10.2 Å². The lowest BCUT2D eigenvalue weighted by atomic mass is 10.1. The van der Waals surface area contributed by atoms with Gasteiger partial charge in [0.2, 0.25) is 5.91 Å². The fourth-order valence-electron chi connectivity index (χ4n) is 1.87. The maximum Gasteiger partial charge on any atom is 0.226 e. The molecule has 1 aromatic heterocycles. The van der Waals surface area contributed by atoms with Gasteiger partial charge in [0, 0.05) is 23.4 Å². The van der Waals surface area contributed by atoms with Crippen molar-refractivity contribution in [1.82, 2.24) is 9.78 Å². The second-order valence-electron chi connectivity index (χ2n) is 4.73. The zero-order chi connectivity index (χ0) is 15.4. The lowest BCUT2D eigenvalue weighted by Crippen LogP contribution is -2.15. The fraction of sp³-hybridized carbons (Fsp3) is 0.267. The number of ketones is 1. The van der Waals surface area contributed by atoms with E-state index in [9.17, 15) is 9.59 Å². The van der Waals surface area contributed by atoms with Crippen molar-refractivity contribution in [2.24, 2.45) is 0 Å². The van der Waals surface area contributed by atoms with E-state index in [-0.39, 0.29) is 11.7 Å². The molecule has 6 heteroatoms. The van der Waals surface area contributed by atoms with Crippen LogP contribution in [0.1, 0.15) is 29.4 Å². The minimum absolute atomic E-state index is 0.00705. The second kappa shape index (κ2) is 6.67. The van der Waals surface area contributed by atoms with Crippen molar-refractivity contribution in [2.45, 2.75) is 26.8 Å². The van der Waals surface area contributed by atoms with Crippen LogP contribution in [0, 0.1) is 6.92 Å². The fourth-order valence-corrected chi connectivity index (χ4v) is 2.16. The summed E-state index contributed by atoms with van der Waals surface area (Å²) in [5, 5.41) is 6.98. The Morgan fingerprint density at radius 2 is 1.95 bits per heavy atom. The highest BCUT2D eigenvalue weighted by Crippen LogP contribution is 2.15. The van der Waals surface area contributed by atoms with E-state index in [0.29, 0.717) is 24.2 Å². The number of amides is 1. The summed E-state index contributed by atoms with van der Waals surface area (Å²) >= 11 is 3.38. The van der Waals surface area contributed by atoms with Crippen LogP contribution in [0.15, 0.2) is 34.9 Å². The first-order valence-corrected chi connectivity index (χ1v) is 7.35. The highest BCUT2D eigenvalue weighted by Gasteiger charge is 2.07. The molecule has 1 amide bonds. The second-order valence-corrected chi connectivity index (χ2v) is 5.59. The zero-order valence-corrected chi connectivity index (χ0v) is 13.5. The summed E-state index contributed by atoms with van der Waals surface area (Å²) in [5.41, 5.74) is 2.31. The van der Waals surface area contributed by atoms with Gasteiger partial charge in [-0.25, -0.2) is 0 Å². The Balaban J connectivity index is 1.89. The van der Waals surface area contributed by atoms with Crippen molar-refractivity contribution in [1.29, 1.82) is 0 Å². The number of carbonyl (C=O) groups is 2. The Hall–Kier alpha value is -1.95. The minimum Gasteiger partial charge on any atom is -0.326 e. The van der Waals surface area contributed by atoms with Crippen molar-refractivity contribution in [3.8, 4) is 0 Å². The predicted molar refractivity (Wildman–Crippen MR) is 84.4 cm³/mol. The van der Waals surface area contributed by atoms with Crippen LogP contribution < -0.4 is 5.32 Å². The topological polar surface area (TPSA) is 64.0 Å². The Kier molecular flexibility index (Phi) is 4.90. The van der Waals surface area contributed by atoms with Gasteiger partial charge in [-0.3, -0.25) is 14.3 Å². The highest BCUT2D eigenvalue weighted by atomic mass is 79.9. The van der Waals surface area contributed by atoms with Crippen LogP contribution in [0.2, 0.25) is 0 Å². The number of rotatable bonds is 5. The number of aryl methyl sites for hydroxylation is 1. The zero-order valence-electron chi connectivity index (χ0n) is 11.9. The number of benzene rings is 1. The first kappa shape index (κ1) is 15.4. The molecule has 0 unspecified atom stereocenters. The molecule has 2 aromatic rings. The van der Waals surface area contributed by atoms with Gasteiger partial charge in [0.05, 0.1) is 17.2 Å². The van der Waals surface area contributed by atoms with E-state index in [1.165, 1.54) is 6.92 Å². The van der Waals surface area contributed by atoms with Gasteiger partial charge in [-0.2, -0.15) is 5.10 Å². The maximum absolute atomic E-state index is 11.9. The first-order chi connectivity index (χ1) is 9.97. The Labute approximate surface area is 131 Å². The Morgan fingerprint density at radius 3 is 2.48 bits per heavy atom. The van der Waals surface area contributed by atoms with Gasteiger partial charge < -0.3 is 5.32 Å². The molecule has 1 N–H and O–H groups in total. The van der Waals surface area contributed by atoms with E-state index in [1.807, 2.05) is 6.92 Å². The van der Waals surface area contributed by atoms with Gasteiger partial charge >= 0.3 is 0 Å². The number of anilines is 1. The number of nitrogens with one attached hydrogen (secondary N) is 1. The van der Waals surface area contributed by atoms with Gasteiger partial charge in [-0.05, 0) is 54.0 Å². The van der Waals surface area contributed by atoms with Crippen molar-refractivity contribution < 1.29 is 9.59 Å². The third kappa shape index (κ3) is 4.01. The van der Waals surface area contributed by atoms with Crippen molar-refractivity contribution in [3.63, 3.8) is 0 Å². The molecule has 5 nitrogen and oxygen atoms in total. The quantitative estimate of drug-likeness (QED) is 0.843. The smallest absolute Gasteiger partial charge is 0.226 e. The molecule has 110 valence electrons. The predicted octanol–water partition coefficient (Wildman–Crippen LogP) is 3.19. The molecule has 0 saturated carbocycles. The number of hydrogen-bond donors (Lipinski definition) is 1. The van der Waals surface area contributed by atoms with Gasteiger partial charge in [0.15, 0.2) is 5.78 Å². The molecule has 0 aliphatic carbocycles. The highest BCUT2D eigenvalue weighted by molar-refractivity contribution is 9.10. The molecule has 1 heterocycles. The van der Waals surface area contributed by atoms with Crippen molar-refractivity contribution >= 4 is 33.3 Å². The first-order valence-electron chi connectivity index (χ1n) is 6.56. The third-order valence-corrected chi connectivity index (χ3v) is 3.95. The summed E-state index contributed by atoms with van der Waals surface area (Å²) in [6.45, 7) is 3.97. The summed E-state index contributed by atoms with van der Waals surface area (Å²) in [6, 6.07) is 6.86. The average Bonchev–Trinajstić information content (AvgIpc) is 2.77. The molecule has 0 saturated heterocycles. The van der Waals surface area contributed by atoms with Crippen molar-refractivity contribution in [2.75, 3.05) is 5.32 Å². The molecule has 21 heavy (non-hydrogen) atoms. The summed E-state index contributed by atoms with van der Waals surface area (Å²) in [6.07, 6.45) is 2.05. The molecule has 1 aromatic carbocycles. The Morgan fingerprint density at radius 1 is 1.29 bits per heavy atom. The molecule has 0 aliphatic rings. The van der Waals surface area contributed by atoms with Crippen LogP contribution in [-0.2, 0) is 11.3 Å². The van der Waals surface area contributed by atoms with Gasteiger partial charge in [-0.15, -0.1) is 0 Å². The molecule has 0 fully saturated rings. The number of Topliss-reactive ketones (excluding diaryl/α,β-unsaturated/α-hetero) is 1. The van der Waals surface area contributed by atoms with E-state index >= 15 is 0 Å². The molecule has 2 rings (SSSR count). The summed E-state index contributed by atoms with van der Waals surface area (Å²) in [7, 11) is 0. The molecular weight excluding hydrogens is 334 g/mol. The van der Waals surface area contributed by atoms with Crippen LogP contribution in [0.3, 0.4) is 0 Å². The summed E-state index contributed by atoms with van der Waals surface area (Å²) < 4.78 is 2.71. The number of aromatic nitrogens is 2. The maximum atomic E-state index is 11.9. The van der Waals surface area contributed by atoms with Gasteiger partial charge in [-0.1, -0.05) is 0 Å². The van der Waals surface area contributed by atoms with E-state index in [1.54, 1.807) is 35.1 Å². The lowest BCUT2D eigenvalue weighted by molar-refractivity contribution is -0.116. The SMILES string of the molecule is CC(=O)c1ccc(NC(=O)CCn2ncc(Br)c2C)cc1. The molecule has 0 bridgehead atoms. The molecule has 0 radical (unpaired) electrons. The lowest BCUT2D eigenvalue weighted by Gasteiger charge is -2.07. The van der Waals surface area contributed by atoms with Gasteiger partial charge in [0.1, 0.15) is 0 Å². The Bertz CT molecular complexity index is 662. The van der Waals surface area contributed by atoms with Crippen LogP contribution in [-0.4, -0.2) is 21.5 Å². The standard InChI is InChI=1S/C15H16BrN3O2/c1-10-14(16)9-17-19(10)8-7-15(21)18-13-5-3-12(4-6-13)11(2)20/h3-6,9H,7-8H2,1-2H3,(H,18,21). The summed E-state index contributed by atoms with van der Waals surface area (Å²) in [4.78, 5) is 23.1. The van der Waals surface area contributed by atoms with Crippen LogP contribution in [0.25, 0.3) is 0 Å². The van der Waals surface area contributed by atoms with E-state index in [4.69, 9.17) is 0 Å². The normalized spacial score (nSPS) is 10.4. The van der Waals surface area contributed by atoms with Gasteiger partial charge in [0.25, 0.3) is 0 Å². The summed E-state index contributed by atoms with van der Waals surface area (Å²) in [5.74, 6) is -0.0794. The van der Waals surface area contributed by atoms with Crippen LogP contribution in [0.4, 0.5) is 5.69 Å². The number of hydrogen-bond acceptors (Lipinski definition) is 3. The van der Waals surface area contributed by atoms with Crippen molar-refractivity contribution in [3.05, 3.63) is 46.2 Å². The average molecular weight is 350 g/mol. The van der Waals surface area contributed by atoms with Crippen LogP contribution in [0.5, 0.6) is 0 Å².